The molecule has 0 bridgehead atoms. The largest absolute Gasteiger partial charge is 0.231 e. The molecule has 0 unspecified atom stereocenters. The fourth-order valence-corrected chi connectivity index (χ4v) is 1.84. The van der Waals surface area contributed by atoms with Crippen molar-refractivity contribution in [3.8, 4) is 11.1 Å². The lowest BCUT2D eigenvalue weighted by Crippen LogP contribution is -1.86. The van der Waals surface area contributed by atoms with Gasteiger partial charge in [0.2, 0.25) is 12.2 Å². The number of rotatable bonds is 1. The Kier molecular flexibility index (Phi) is 8.73. The Morgan fingerprint density at radius 1 is 0.636 bits per heavy atom. The van der Waals surface area contributed by atoms with Gasteiger partial charge in [-0.3, -0.25) is 0 Å². The molecule has 0 saturated carbocycles. The SMILES string of the molecule is Cc1ccc(-c2ccc(C)c(C)c2)cc1C.N=C=O.N=C=O. The van der Waals surface area contributed by atoms with Gasteiger partial charge in [0.05, 0.1) is 0 Å². The zero-order valence-corrected chi connectivity index (χ0v) is 13.3. The zero-order valence-electron chi connectivity index (χ0n) is 13.3. The molecule has 2 N–H and O–H groups in total. The highest BCUT2D eigenvalue weighted by Crippen LogP contribution is 2.24. The van der Waals surface area contributed by atoms with Crippen LogP contribution in [0.3, 0.4) is 0 Å². The summed E-state index contributed by atoms with van der Waals surface area (Å²) in [6, 6.07) is 13.3. The minimum absolute atomic E-state index is 0.750. The van der Waals surface area contributed by atoms with Crippen LogP contribution in [-0.2, 0) is 9.59 Å². The van der Waals surface area contributed by atoms with Crippen LogP contribution in [0.25, 0.3) is 11.1 Å². The van der Waals surface area contributed by atoms with Crippen molar-refractivity contribution < 1.29 is 9.59 Å². The number of carbonyl (C=O) groups excluding carboxylic acids is 2. The highest BCUT2D eigenvalue weighted by atomic mass is 16.1. The summed E-state index contributed by atoms with van der Waals surface area (Å²) in [6.07, 6.45) is 1.50. The van der Waals surface area contributed by atoms with E-state index in [-0.39, 0.29) is 0 Å². The second kappa shape index (κ2) is 10.0. The highest BCUT2D eigenvalue weighted by Gasteiger charge is 2.01. The van der Waals surface area contributed by atoms with Gasteiger partial charge >= 0.3 is 0 Å². The molecular weight excluding hydrogens is 276 g/mol. The molecule has 0 aliphatic rings. The van der Waals surface area contributed by atoms with E-state index in [0.29, 0.717) is 0 Å². The first-order valence-corrected chi connectivity index (χ1v) is 6.63. The maximum absolute atomic E-state index is 8.35. The van der Waals surface area contributed by atoms with E-state index < -0.39 is 0 Å². The summed E-state index contributed by atoms with van der Waals surface area (Å²) in [5.74, 6) is 0. The van der Waals surface area contributed by atoms with Crippen LogP contribution in [0, 0.1) is 38.5 Å². The van der Waals surface area contributed by atoms with Gasteiger partial charge in [0.15, 0.2) is 0 Å². The van der Waals surface area contributed by atoms with Crippen molar-refractivity contribution in [2.24, 2.45) is 0 Å². The van der Waals surface area contributed by atoms with E-state index in [1.54, 1.807) is 0 Å². The van der Waals surface area contributed by atoms with Crippen molar-refractivity contribution in [1.82, 2.24) is 0 Å². The average molecular weight is 296 g/mol. The summed E-state index contributed by atoms with van der Waals surface area (Å²) < 4.78 is 0. The molecule has 0 amide bonds. The molecule has 0 radical (unpaired) electrons. The number of nitrogens with one attached hydrogen (secondary N) is 2. The third kappa shape index (κ3) is 6.10. The lowest BCUT2D eigenvalue weighted by atomic mass is 9.98. The second-order valence-electron chi connectivity index (χ2n) is 4.80. The standard InChI is InChI=1S/C16H18.2CHNO/c1-11-5-7-15(9-13(11)3)16-8-6-12(2)14(4)10-16;2*2-1-3/h5-10H,1-4H3;2*2H. The molecule has 0 aromatic heterocycles. The van der Waals surface area contributed by atoms with E-state index in [4.69, 9.17) is 20.4 Å². The van der Waals surface area contributed by atoms with Gasteiger partial charge in [-0.15, -0.1) is 0 Å². The van der Waals surface area contributed by atoms with Crippen molar-refractivity contribution in [3.63, 3.8) is 0 Å². The lowest BCUT2D eigenvalue weighted by molar-refractivity contribution is 0.562. The topological polar surface area (TPSA) is 81.8 Å². The van der Waals surface area contributed by atoms with Crippen LogP contribution in [0.1, 0.15) is 22.3 Å². The van der Waals surface area contributed by atoms with Crippen LogP contribution in [-0.4, -0.2) is 12.2 Å². The molecule has 114 valence electrons. The molecule has 2 aromatic carbocycles. The minimum atomic E-state index is 0.750. The van der Waals surface area contributed by atoms with Crippen LogP contribution < -0.4 is 0 Å². The first-order chi connectivity index (χ1) is 10.4. The Bertz CT molecular complexity index is 633. The Hall–Kier alpha value is -2.80. The monoisotopic (exact) mass is 296 g/mol. The maximum Gasteiger partial charge on any atom is 0.231 e. The molecule has 0 aliphatic heterocycles. The van der Waals surface area contributed by atoms with Crippen LogP contribution in [0.2, 0.25) is 0 Å². The van der Waals surface area contributed by atoms with Crippen molar-refractivity contribution >= 4 is 12.2 Å². The summed E-state index contributed by atoms with van der Waals surface area (Å²) in [5.41, 5.74) is 8.05. The number of hydrogen-bond acceptors (Lipinski definition) is 4. The van der Waals surface area contributed by atoms with E-state index in [9.17, 15) is 0 Å². The fraction of sp³-hybridized carbons (Fsp3) is 0.222. The van der Waals surface area contributed by atoms with Gasteiger partial charge in [-0.1, -0.05) is 36.4 Å². The normalized spacial score (nSPS) is 8.36. The first-order valence-electron chi connectivity index (χ1n) is 6.63. The second-order valence-corrected chi connectivity index (χ2v) is 4.80. The van der Waals surface area contributed by atoms with Gasteiger partial charge in [-0.05, 0) is 61.1 Å². The van der Waals surface area contributed by atoms with Crippen molar-refractivity contribution in [2.75, 3.05) is 0 Å². The van der Waals surface area contributed by atoms with Crippen LogP contribution in [0.15, 0.2) is 36.4 Å². The molecule has 4 nitrogen and oxygen atoms in total. The third-order valence-electron chi connectivity index (χ3n) is 3.35. The van der Waals surface area contributed by atoms with Crippen molar-refractivity contribution in [3.05, 3.63) is 58.7 Å². The summed E-state index contributed by atoms with van der Waals surface area (Å²) in [5, 5.41) is 10.8. The van der Waals surface area contributed by atoms with E-state index in [1.807, 2.05) is 0 Å². The molecule has 2 rings (SSSR count). The fourth-order valence-electron chi connectivity index (χ4n) is 1.84. The Morgan fingerprint density at radius 2 is 0.909 bits per heavy atom. The summed E-state index contributed by atoms with van der Waals surface area (Å²) in [4.78, 5) is 16.7. The smallest absolute Gasteiger partial charge is 0.222 e. The predicted molar refractivity (Wildman–Crippen MR) is 87.7 cm³/mol. The predicted octanol–water partition coefficient (Wildman–Crippen LogP) is 4.39. The summed E-state index contributed by atoms with van der Waals surface area (Å²) in [7, 11) is 0. The first kappa shape index (κ1) is 19.2. The molecule has 2 aromatic rings. The van der Waals surface area contributed by atoms with Crippen LogP contribution in [0.4, 0.5) is 0 Å². The maximum atomic E-state index is 8.35. The Balaban J connectivity index is 0.000000639. The van der Waals surface area contributed by atoms with Gasteiger partial charge in [-0.25, -0.2) is 20.4 Å². The van der Waals surface area contributed by atoms with E-state index >= 15 is 0 Å². The number of aryl methyl sites for hydroxylation is 4. The summed E-state index contributed by atoms with van der Waals surface area (Å²) in [6.45, 7) is 8.64. The lowest BCUT2D eigenvalue weighted by Gasteiger charge is -2.08. The molecule has 22 heavy (non-hydrogen) atoms. The highest BCUT2D eigenvalue weighted by molar-refractivity contribution is 5.66. The van der Waals surface area contributed by atoms with Gasteiger partial charge in [0.1, 0.15) is 0 Å². The van der Waals surface area contributed by atoms with Gasteiger partial charge < -0.3 is 0 Å². The van der Waals surface area contributed by atoms with Gasteiger partial charge in [-0.2, -0.15) is 0 Å². The van der Waals surface area contributed by atoms with Crippen molar-refractivity contribution in [1.29, 1.82) is 10.8 Å². The Morgan fingerprint density at radius 3 is 1.14 bits per heavy atom. The number of hydrogen-bond donors (Lipinski definition) is 2. The van der Waals surface area contributed by atoms with Gasteiger partial charge in [0.25, 0.3) is 0 Å². The van der Waals surface area contributed by atoms with Crippen molar-refractivity contribution in [2.45, 2.75) is 27.7 Å². The molecule has 0 saturated heterocycles. The van der Waals surface area contributed by atoms with Crippen LogP contribution in [0.5, 0.6) is 0 Å². The molecule has 0 spiro atoms. The number of isocyanates is 2. The molecule has 0 fully saturated rings. The molecular formula is C18H20N2O2. The minimum Gasteiger partial charge on any atom is -0.222 e. The Labute approximate surface area is 130 Å². The van der Waals surface area contributed by atoms with E-state index in [2.05, 4.69) is 64.1 Å². The number of benzene rings is 2. The van der Waals surface area contributed by atoms with Gasteiger partial charge in [0, 0.05) is 0 Å². The molecule has 0 heterocycles. The van der Waals surface area contributed by atoms with E-state index in [0.717, 1.165) is 12.2 Å². The zero-order chi connectivity index (χ0) is 17.1. The average Bonchev–Trinajstić information content (AvgIpc) is 2.47. The summed E-state index contributed by atoms with van der Waals surface area (Å²) >= 11 is 0. The molecule has 0 atom stereocenters. The van der Waals surface area contributed by atoms with Crippen LogP contribution >= 0.6 is 0 Å². The molecule has 0 aliphatic carbocycles. The third-order valence-corrected chi connectivity index (χ3v) is 3.35. The van der Waals surface area contributed by atoms with E-state index in [1.165, 1.54) is 33.4 Å². The quantitative estimate of drug-likeness (QED) is 0.604. The molecule has 4 heteroatoms.